The van der Waals surface area contributed by atoms with Crippen molar-refractivity contribution in [2.45, 2.75) is 26.4 Å². The highest BCUT2D eigenvalue weighted by molar-refractivity contribution is 5.94. The van der Waals surface area contributed by atoms with E-state index in [9.17, 15) is 9.59 Å². The van der Waals surface area contributed by atoms with Crippen molar-refractivity contribution in [1.82, 2.24) is 5.32 Å². The van der Waals surface area contributed by atoms with Gasteiger partial charge in [-0.05, 0) is 20.8 Å². The van der Waals surface area contributed by atoms with Crippen molar-refractivity contribution in [3.63, 3.8) is 0 Å². The summed E-state index contributed by atoms with van der Waals surface area (Å²) in [7, 11) is 4.45. The number of hydrogen-bond acceptors (Lipinski definition) is 6. The number of nitrogens with one attached hydrogen (secondary N) is 2. The number of hydrogen-bond donors (Lipinski definition) is 2. The lowest BCUT2D eigenvalue weighted by atomic mass is 10.2. The molecular weight excluding hydrogens is 316 g/mol. The summed E-state index contributed by atoms with van der Waals surface area (Å²) in [4.78, 5) is 23.5. The van der Waals surface area contributed by atoms with Gasteiger partial charge in [-0.2, -0.15) is 0 Å². The molecule has 1 aromatic carbocycles. The summed E-state index contributed by atoms with van der Waals surface area (Å²) in [6.07, 6.45) is -0.664. The predicted octanol–water partition coefficient (Wildman–Crippen LogP) is 2.18. The monoisotopic (exact) mass is 340 g/mol. The smallest absolute Gasteiger partial charge is 0.408 e. The van der Waals surface area contributed by atoms with Crippen molar-refractivity contribution < 1.29 is 28.5 Å². The van der Waals surface area contributed by atoms with Crippen LogP contribution in [-0.2, 0) is 9.53 Å². The van der Waals surface area contributed by atoms with E-state index in [4.69, 9.17) is 18.9 Å². The lowest BCUT2D eigenvalue weighted by molar-refractivity contribution is -0.115. The van der Waals surface area contributed by atoms with Crippen LogP contribution in [0.5, 0.6) is 17.2 Å². The van der Waals surface area contributed by atoms with Gasteiger partial charge in [0.15, 0.2) is 11.5 Å². The largest absolute Gasteiger partial charge is 0.493 e. The number of alkyl carbamates (subject to hydrolysis) is 1. The molecule has 0 saturated heterocycles. The van der Waals surface area contributed by atoms with E-state index in [1.165, 1.54) is 21.3 Å². The fourth-order valence-corrected chi connectivity index (χ4v) is 1.83. The van der Waals surface area contributed by atoms with Crippen LogP contribution in [0.15, 0.2) is 12.1 Å². The van der Waals surface area contributed by atoms with Gasteiger partial charge in [-0.15, -0.1) is 0 Å². The van der Waals surface area contributed by atoms with Gasteiger partial charge in [0, 0.05) is 17.8 Å². The van der Waals surface area contributed by atoms with Gasteiger partial charge in [0.05, 0.1) is 21.3 Å². The second-order valence-electron chi connectivity index (χ2n) is 5.82. The molecule has 0 unspecified atom stereocenters. The first-order valence-electron chi connectivity index (χ1n) is 7.27. The minimum Gasteiger partial charge on any atom is -0.493 e. The van der Waals surface area contributed by atoms with Gasteiger partial charge in [0.2, 0.25) is 11.7 Å². The second kappa shape index (κ2) is 8.28. The van der Waals surface area contributed by atoms with Crippen molar-refractivity contribution in [2.75, 3.05) is 33.2 Å². The molecule has 0 aliphatic rings. The molecule has 0 radical (unpaired) electrons. The minimum absolute atomic E-state index is 0.231. The molecule has 8 nitrogen and oxygen atoms in total. The topological polar surface area (TPSA) is 95.1 Å². The minimum atomic E-state index is -0.664. The SMILES string of the molecule is COc1cc(NC(=O)CNC(=O)OC(C)(C)C)cc(OC)c1OC. The molecule has 2 N–H and O–H groups in total. The normalized spacial score (nSPS) is 10.6. The third-order valence-corrected chi connectivity index (χ3v) is 2.74. The molecule has 2 amide bonds. The average molecular weight is 340 g/mol. The lowest BCUT2D eigenvalue weighted by Gasteiger charge is -2.19. The zero-order valence-electron chi connectivity index (χ0n) is 14.8. The van der Waals surface area contributed by atoms with Crippen LogP contribution in [0.2, 0.25) is 0 Å². The van der Waals surface area contributed by atoms with Crippen molar-refractivity contribution in [3.05, 3.63) is 12.1 Å². The zero-order valence-corrected chi connectivity index (χ0v) is 14.8. The van der Waals surface area contributed by atoms with Crippen LogP contribution in [0, 0.1) is 0 Å². The maximum absolute atomic E-state index is 11.9. The Kier molecular flexibility index (Phi) is 6.69. The maximum atomic E-state index is 11.9. The Balaban J connectivity index is 2.72. The van der Waals surface area contributed by atoms with E-state index in [0.717, 1.165) is 0 Å². The first-order chi connectivity index (χ1) is 11.2. The molecule has 0 aliphatic carbocycles. The Morgan fingerprint density at radius 3 is 1.96 bits per heavy atom. The van der Waals surface area contributed by atoms with Crippen LogP contribution >= 0.6 is 0 Å². The first kappa shape index (κ1) is 19.4. The molecule has 0 saturated carbocycles. The maximum Gasteiger partial charge on any atom is 0.408 e. The third kappa shape index (κ3) is 5.86. The highest BCUT2D eigenvalue weighted by Gasteiger charge is 2.17. The Hall–Kier alpha value is -2.64. The molecule has 1 aromatic rings. The third-order valence-electron chi connectivity index (χ3n) is 2.74. The van der Waals surface area contributed by atoms with Crippen LogP contribution in [0.25, 0.3) is 0 Å². The Morgan fingerprint density at radius 1 is 1.00 bits per heavy atom. The summed E-state index contributed by atoms with van der Waals surface area (Å²) < 4.78 is 20.7. The van der Waals surface area contributed by atoms with Gasteiger partial charge in [-0.3, -0.25) is 4.79 Å². The summed E-state index contributed by atoms with van der Waals surface area (Å²) in [5.74, 6) is 0.819. The molecule has 134 valence electrons. The molecule has 0 bridgehead atoms. The van der Waals surface area contributed by atoms with Crippen LogP contribution in [-0.4, -0.2) is 45.5 Å². The number of ether oxygens (including phenoxy) is 4. The van der Waals surface area contributed by atoms with Crippen molar-refractivity contribution in [3.8, 4) is 17.2 Å². The molecule has 8 heteroatoms. The average Bonchev–Trinajstić information content (AvgIpc) is 2.50. The Bertz CT molecular complexity index is 570. The fraction of sp³-hybridized carbons (Fsp3) is 0.500. The van der Waals surface area contributed by atoms with E-state index in [-0.39, 0.29) is 6.54 Å². The highest BCUT2D eigenvalue weighted by atomic mass is 16.6. The lowest BCUT2D eigenvalue weighted by Crippen LogP contribution is -2.37. The molecule has 24 heavy (non-hydrogen) atoms. The Morgan fingerprint density at radius 2 is 1.54 bits per heavy atom. The molecule has 0 heterocycles. The van der Waals surface area contributed by atoms with E-state index < -0.39 is 17.6 Å². The molecule has 0 spiro atoms. The van der Waals surface area contributed by atoms with E-state index in [1.54, 1.807) is 32.9 Å². The number of rotatable bonds is 6. The Labute approximate surface area is 141 Å². The number of benzene rings is 1. The molecule has 0 atom stereocenters. The van der Waals surface area contributed by atoms with E-state index in [1.807, 2.05) is 0 Å². The summed E-state index contributed by atoms with van der Waals surface area (Å²) >= 11 is 0. The van der Waals surface area contributed by atoms with Crippen molar-refractivity contribution in [2.24, 2.45) is 0 Å². The molecule has 1 rings (SSSR count). The zero-order chi connectivity index (χ0) is 18.3. The van der Waals surface area contributed by atoms with Gasteiger partial charge >= 0.3 is 6.09 Å². The predicted molar refractivity (Wildman–Crippen MR) is 89.0 cm³/mol. The molecular formula is C16H24N2O6. The highest BCUT2D eigenvalue weighted by Crippen LogP contribution is 2.39. The van der Waals surface area contributed by atoms with E-state index >= 15 is 0 Å². The van der Waals surface area contributed by atoms with Crippen LogP contribution < -0.4 is 24.8 Å². The summed E-state index contributed by atoms with van der Waals surface area (Å²) in [6, 6.07) is 3.18. The van der Waals surface area contributed by atoms with Gasteiger partial charge < -0.3 is 29.6 Å². The second-order valence-corrected chi connectivity index (χ2v) is 5.82. The van der Waals surface area contributed by atoms with Crippen molar-refractivity contribution >= 4 is 17.7 Å². The van der Waals surface area contributed by atoms with Crippen LogP contribution in [0.1, 0.15) is 20.8 Å². The van der Waals surface area contributed by atoms with E-state index in [0.29, 0.717) is 22.9 Å². The van der Waals surface area contributed by atoms with Gasteiger partial charge in [0.25, 0.3) is 0 Å². The van der Waals surface area contributed by atoms with Gasteiger partial charge in [0.1, 0.15) is 12.1 Å². The first-order valence-corrected chi connectivity index (χ1v) is 7.27. The fourth-order valence-electron chi connectivity index (χ4n) is 1.83. The molecule has 0 fully saturated rings. The van der Waals surface area contributed by atoms with Crippen LogP contribution in [0.4, 0.5) is 10.5 Å². The summed E-state index contributed by atoms with van der Waals surface area (Å²) in [5.41, 5.74) is -0.183. The molecule has 0 aliphatic heterocycles. The number of carbonyl (C=O) groups excluding carboxylic acids is 2. The van der Waals surface area contributed by atoms with Crippen molar-refractivity contribution in [1.29, 1.82) is 0 Å². The van der Waals surface area contributed by atoms with Crippen LogP contribution in [0.3, 0.4) is 0 Å². The number of anilines is 1. The standard InChI is InChI=1S/C16H24N2O6/c1-16(2,3)24-15(20)17-9-13(19)18-10-7-11(21-4)14(23-6)12(8-10)22-5/h7-8H,9H2,1-6H3,(H,17,20)(H,18,19). The van der Waals surface area contributed by atoms with Gasteiger partial charge in [-0.1, -0.05) is 0 Å². The van der Waals surface area contributed by atoms with E-state index in [2.05, 4.69) is 10.6 Å². The number of carbonyl (C=O) groups is 2. The van der Waals surface area contributed by atoms with Gasteiger partial charge in [-0.25, -0.2) is 4.79 Å². The number of amides is 2. The summed E-state index contributed by atoms with van der Waals surface area (Å²) in [6.45, 7) is 4.99. The summed E-state index contributed by atoms with van der Waals surface area (Å²) in [5, 5.41) is 5.01. The molecule has 0 aromatic heterocycles. The number of methoxy groups -OCH3 is 3. The quantitative estimate of drug-likeness (QED) is 0.824.